The van der Waals surface area contributed by atoms with E-state index in [1.165, 1.54) is 0 Å². The molecule has 0 fully saturated rings. The third-order valence-electron chi connectivity index (χ3n) is 5.51. The third-order valence-corrected chi connectivity index (χ3v) is 5.51. The highest BCUT2D eigenvalue weighted by atomic mass is 16.5. The second-order valence-electron chi connectivity index (χ2n) is 8.98. The van der Waals surface area contributed by atoms with Crippen molar-refractivity contribution in [3.05, 3.63) is 29.8 Å². The summed E-state index contributed by atoms with van der Waals surface area (Å²) in [6.45, 7) is 4.87. The van der Waals surface area contributed by atoms with Crippen molar-refractivity contribution >= 4 is 35.9 Å². The second-order valence-corrected chi connectivity index (χ2v) is 8.98. The lowest BCUT2D eigenvalue weighted by molar-refractivity contribution is -0.132. The van der Waals surface area contributed by atoms with E-state index in [-0.39, 0.29) is 37.8 Å². The Kier molecular flexibility index (Phi) is 15.0. The first-order valence-electron chi connectivity index (χ1n) is 12.5. The first kappa shape index (κ1) is 31.4. The number of unbranched alkanes of at least 4 members (excludes halogenated alkanes) is 2. The van der Waals surface area contributed by atoms with Gasteiger partial charge in [0.05, 0.1) is 0 Å². The fourth-order valence-electron chi connectivity index (χ4n) is 3.48. The van der Waals surface area contributed by atoms with Crippen LogP contribution in [0.4, 0.5) is 10.5 Å². The number of anilines is 1. The van der Waals surface area contributed by atoms with Gasteiger partial charge in [0.2, 0.25) is 17.7 Å². The zero-order valence-electron chi connectivity index (χ0n) is 21.6. The van der Waals surface area contributed by atoms with E-state index < -0.39 is 29.9 Å². The smallest absolute Gasteiger partial charge is 0.312 e. The number of ether oxygens (including phenoxy) is 1. The number of benzene rings is 1. The molecule has 0 radical (unpaired) electrons. The number of urea groups is 1. The minimum absolute atomic E-state index is 0.110. The average molecular weight is 521 g/mol. The van der Waals surface area contributed by atoms with Crippen LogP contribution in [0.25, 0.3) is 0 Å². The molecule has 0 aliphatic carbocycles. The van der Waals surface area contributed by atoms with Crippen molar-refractivity contribution in [1.82, 2.24) is 16.0 Å². The molecule has 1 aromatic rings. The molecule has 12 nitrogen and oxygen atoms in total. The van der Waals surface area contributed by atoms with Gasteiger partial charge in [-0.3, -0.25) is 19.2 Å². The van der Waals surface area contributed by atoms with Crippen LogP contribution in [0.2, 0.25) is 0 Å². The third kappa shape index (κ3) is 13.3. The summed E-state index contributed by atoms with van der Waals surface area (Å²) in [6, 6.07) is 4.26. The van der Waals surface area contributed by atoms with Gasteiger partial charge in [-0.1, -0.05) is 32.4 Å². The van der Waals surface area contributed by atoms with Crippen molar-refractivity contribution in [2.45, 2.75) is 71.1 Å². The molecule has 0 heterocycles. The van der Waals surface area contributed by atoms with Crippen LogP contribution in [-0.2, 0) is 30.5 Å². The van der Waals surface area contributed by atoms with Gasteiger partial charge < -0.3 is 37.5 Å². The van der Waals surface area contributed by atoms with Crippen LogP contribution in [0.1, 0.15) is 57.9 Å². The molecule has 1 aromatic carbocycles. The molecule has 0 spiro atoms. The summed E-state index contributed by atoms with van der Waals surface area (Å²) in [7, 11) is 0. The molecule has 0 aliphatic rings. The van der Waals surface area contributed by atoms with Crippen LogP contribution in [0, 0.1) is 5.92 Å². The van der Waals surface area contributed by atoms with E-state index in [4.69, 9.17) is 16.2 Å². The molecule has 0 saturated carbocycles. The Labute approximate surface area is 217 Å². The standard InChI is InChI=1S/C25H40N6O6/c1-17(2)22(31-21(33)8-4-3-5-13-26)24(35)30-20(7-6-14-28-25(27)36)23(34)29-19-11-9-18(10-12-19)15-37-16-32/h9-12,16-17,20,22H,3-8,13-15,26H2,1-2H3,(H,29,34)(H,30,35)(H,31,33)(H3,27,28,36)/t20-,22-/m0/s1. The Hall–Kier alpha value is -3.67. The van der Waals surface area contributed by atoms with Crippen molar-refractivity contribution in [2.24, 2.45) is 17.4 Å². The second kappa shape index (κ2) is 17.7. The average Bonchev–Trinajstić information content (AvgIpc) is 2.86. The molecule has 0 aromatic heterocycles. The van der Waals surface area contributed by atoms with Crippen molar-refractivity contribution in [1.29, 1.82) is 0 Å². The van der Waals surface area contributed by atoms with E-state index in [9.17, 15) is 24.0 Å². The van der Waals surface area contributed by atoms with E-state index in [1.807, 2.05) is 0 Å². The normalized spacial score (nSPS) is 12.2. The molecule has 0 aliphatic heterocycles. The summed E-state index contributed by atoms with van der Waals surface area (Å²) in [5.74, 6) is -1.39. The maximum Gasteiger partial charge on any atom is 0.312 e. The number of carbonyl (C=O) groups is 5. The molecular weight excluding hydrogens is 480 g/mol. The van der Waals surface area contributed by atoms with E-state index in [0.29, 0.717) is 31.5 Å². The molecule has 206 valence electrons. The van der Waals surface area contributed by atoms with Crippen molar-refractivity contribution in [3.8, 4) is 0 Å². The number of rotatable bonds is 18. The maximum absolute atomic E-state index is 13.1. The van der Waals surface area contributed by atoms with Gasteiger partial charge in [0.15, 0.2) is 0 Å². The van der Waals surface area contributed by atoms with Crippen LogP contribution in [-0.4, -0.2) is 55.4 Å². The van der Waals surface area contributed by atoms with Gasteiger partial charge in [0, 0.05) is 18.7 Å². The topological polar surface area (TPSA) is 195 Å². The molecular formula is C25H40N6O6. The lowest BCUT2D eigenvalue weighted by Gasteiger charge is -2.25. The predicted octanol–water partition coefficient (Wildman–Crippen LogP) is 0.891. The zero-order chi connectivity index (χ0) is 27.6. The molecule has 37 heavy (non-hydrogen) atoms. The molecule has 5 amide bonds. The minimum atomic E-state index is -0.928. The van der Waals surface area contributed by atoms with Gasteiger partial charge in [-0.2, -0.15) is 0 Å². The number of nitrogens with two attached hydrogens (primary N) is 2. The molecule has 2 atom stereocenters. The predicted molar refractivity (Wildman–Crippen MR) is 139 cm³/mol. The Morgan fingerprint density at radius 3 is 2.27 bits per heavy atom. The minimum Gasteiger partial charge on any atom is -0.463 e. The quantitative estimate of drug-likeness (QED) is 0.122. The zero-order valence-corrected chi connectivity index (χ0v) is 21.6. The van der Waals surface area contributed by atoms with Gasteiger partial charge in [0.1, 0.15) is 18.7 Å². The molecule has 0 bridgehead atoms. The lowest BCUT2D eigenvalue weighted by atomic mass is 10.0. The fraction of sp³-hybridized carbons (Fsp3) is 0.560. The van der Waals surface area contributed by atoms with E-state index >= 15 is 0 Å². The molecule has 1 rings (SSSR count). The summed E-state index contributed by atoms with van der Waals surface area (Å²) in [6.07, 6.45) is 3.22. The number of nitrogens with one attached hydrogen (secondary N) is 4. The highest BCUT2D eigenvalue weighted by Gasteiger charge is 2.28. The Balaban J connectivity index is 2.85. The Morgan fingerprint density at radius 2 is 1.68 bits per heavy atom. The number of hydrogen-bond donors (Lipinski definition) is 6. The molecule has 0 unspecified atom stereocenters. The lowest BCUT2D eigenvalue weighted by Crippen LogP contribution is -2.54. The number of amides is 5. The maximum atomic E-state index is 13.1. The monoisotopic (exact) mass is 520 g/mol. The van der Waals surface area contributed by atoms with E-state index in [2.05, 4.69) is 21.3 Å². The highest BCUT2D eigenvalue weighted by molar-refractivity contribution is 5.98. The number of primary amides is 1. The van der Waals surface area contributed by atoms with Gasteiger partial charge in [-0.15, -0.1) is 0 Å². The first-order valence-corrected chi connectivity index (χ1v) is 12.5. The first-order chi connectivity index (χ1) is 17.7. The summed E-state index contributed by atoms with van der Waals surface area (Å²) < 4.78 is 4.71. The van der Waals surface area contributed by atoms with Crippen LogP contribution in [0.3, 0.4) is 0 Å². The van der Waals surface area contributed by atoms with Gasteiger partial charge >= 0.3 is 6.03 Å². The summed E-state index contributed by atoms with van der Waals surface area (Å²) in [5, 5.41) is 10.7. The molecule has 0 saturated heterocycles. The number of hydrogen-bond acceptors (Lipinski definition) is 7. The van der Waals surface area contributed by atoms with Crippen LogP contribution < -0.4 is 32.7 Å². The van der Waals surface area contributed by atoms with E-state index in [0.717, 1.165) is 18.4 Å². The summed E-state index contributed by atoms with van der Waals surface area (Å²) in [4.78, 5) is 59.8. The largest absolute Gasteiger partial charge is 0.463 e. The van der Waals surface area contributed by atoms with Crippen LogP contribution in [0.15, 0.2) is 24.3 Å². The van der Waals surface area contributed by atoms with Gasteiger partial charge in [-0.05, 0) is 55.8 Å². The Morgan fingerprint density at radius 1 is 0.973 bits per heavy atom. The number of carbonyl (C=O) groups excluding carboxylic acids is 5. The summed E-state index contributed by atoms with van der Waals surface area (Å²) >= 11 is 0. The van der Waals surface area contributed by atoms with Crippen LogP contribution in [0.5, 0.6) is 0 Å². The molecule has 12 heteroatoms. The molecule has 8 N–H and O–H groups in total. The van der Waals surface area contributed by atoms with Crippen LogP contribution >= 0.6 is 0 Å². The SMILES string of the molecule is CC(C)[C@H](NC(=O)CCCCCN)C(=O)N[C@@H](CCCNC(N)=O)C(=O)Nc1ccc(COC=O)cc1. The van der Waals surface area contributed by atoms with Crippen molar-refractivity contribution in [3.63, 3.8) is 0 Å². The Bertz CT molecular complexity index is 877. The van der Waals surface area contributed by atoms with Crippen molar-refractivity contribution < 1.29 is 28.7 Å². The fourth-order valence-corrected chi connectivity index (χ4v) is 3.48. The summed E-state index contributed by atoms with van der Waals surface area (Å²) in [5.41, 5.74) is 11.8. The highest BCUT2D eigenvalue weighted by Crippen LogP contribution is 2.12. The van der Waals surface area contributed by atoms with Crippen molar-refractivity contribution in [2.75, 3.05) is 18.4 Å². The van der Waals surface area contributed by atoms with Gasteiger partial charge in [-0.25, -0.2) is 4.79 Å². The van der Waals surface area contributed by atoms with E-state index in [1.54, 1.807) is 38.1 Å². The van der Waals surface area contributed by atoms with Gasteiger partial charge in [0.25, 0.3) is 6.47 Å².